The molecule has 0 saturated heterocycles. The van der Waals surface area contributed by atoms with Crippen molar-refractivity contribution in [2.45, 2.75) is 38.3 Å². The van der Waals surface area contributed by atoms with Crippen molar-refractivity contribution in [3.8, 4) is 10.6 Å². The monoisotopic (exact) mass is 382 g/mol. The number of aryl methyl sites for hydroxylation is 1. The molecule has 10 heteroatoms. The van der Waals surface area contributed by atoms with Gasteiger partial charge >= 0.3 is 6.18 Å². The zero-order valence-corrected chi connectivity index (χ0v) is 14.9. The summed E-state index contributed by atoms with van der Waals surface area (Å²) in [5, 5.41) is 3.37. The number of alkyl halides is 3. The average molecular weight is 382 g/mol. The predicted molar refractivity (Wildman–Crippen MR) is 84.2 cm³/mol. The van der Waals surface area contributed by atoms with Gasteiger partial charge in [-0.25, -0.2) is 13.1 Å². The average Bonchev–Trinajstić information content (AvgIpc) is 3.03. The first-order valence-electron chi connectivity index (χ1n) is 7.15. The van der Waals surface area contributed by atoms with E-state index in [0.717, 1.165) is 17.4 Å². The van der Waals surface area contributed by atoms with Gasteiger partial charge in [0.1, 0.15) is 5.69 Å². The summed E-state index contributed by atoms with van der Waals surface area (Å²) in [6.45, 7) is 5.85. The van der Waals surface area contributed by atoms with Gasteiger partial charge in [-0.15, -0.1) is 11.3 Å². The van der Waals surface area contributed by atoms with Gasteiger partial charge in [-0.2, -0.15) is 13.2 Å². The summed E-state index contributed by atoms with van der Waals surface area (Å²) >= 11 is 1.05. The zero-order valence-electron chi connectivity index (χ0n) is 13.3. The Morgan fingerprint density at radius 3 is 2.54 bits per heavy atom. The van der Waals surface area contributed by atoms with Crippen molar-refractivity contribution in [3.63, 3.8) is 0 Å². The number of hydrogen-bond donors (Lipinski definition) is 1. The van der Waals surface area contributed by atoms with Gasteiger partial charge in [-0.1, -0.05) is 19.0 Å². The van der Waals surface area contributed by atoms with Gasteiger partial charge in [0.05, 0.1) is 9.77 Å². The second-order valence-corrected chi connectivity index (χ2v) is 8.68. The van der Waals surface area contributed by atoms with Crippen molar-refractivity contribution < 1.29 is 26.1 Å². The van der Waals surface area contributed by atoms with Crippen LogP contribution in [0.4, 0.5) is 13.2 Å². The van der Waals surface area contributed by atoms with E-state index in [-0.39, 0.29) is 10.6 Å². The lowest BCUT2D eigenvalue weighted by atomic mass is 10.1. The molecule has 0 unspecified atom stereocenters. The topological polar surface area (TPSA) is 72.2 Å². The standard InChI is InChI=1S/C14H17F3N2O3S2/c1-8(2)4-5-18-24(20,21)12-7-11(23-9(12)3)10-6-13(22-19-10)14(15,16)17/h6-8,18H,4-5H2,1-3H3. The van der Waals surface area contributed by atoms with Gasteiger partial charge < -0.3 is 4.52 Å². The highest BCUT2D eigenvalue weighted by atomic mass is 32.2. The van der Waals surface area contributed by atoms with Crippen molar-refractivity contribution in [2.75, 3.05) is 6.54 Å². The Hall–Kier alpha value is -1.39. The van der Waals surface area contributed by atoms with Crippen molar-refractivity contribution >= 4 is 21.4 Å². The smallest absolute Gasteiger partial charge is 0.351 e. The number of rotatable bonds is 6. The first-order chi connectivity index (χ1) is 11.0. The molecule has 0 spiro atoms. The van der Waals surface area contributed by atoms with Crippen LogP contribution in [-0.4, -0.2) is 20.1 Å². The van der Waals surface area contributed by atoms with Gasteiger partial charge in [-0.3, -0.25) is 0 Å². The summed E-state index contributed by atoms with van der Waals surface area (Å²) in [7, 11) is -3.72. The van der Waals surface area contributed by atoms with Crippen LogP contribution in [0.1, 0.15) is 30.9 Å². The second-order valence-electron chi connectivity index (χ2n) is 5.69. The Balaban J connectivity index is 2.25. The summed E-state index contributed by atoms with van der Waals surface area (Å²) in [6.07, 6.45) is -3.95. The quantitative estimate of drug-likeness (QED) is 0.818. The Kier molecular flexibility index (Phi) is 5.41. The molecule has 0 atom stereocenters. The minimum absolute atomic E-state index is 0.0425. The van der Waals surface area contributed by atoms with E-state index in [9.17, 15) is 21.6 Å². The van der Waals surface area contributed by atoms with Crippen LogP contribution in [0.15, 0.2) is 21.6 Å². The molecule has 2 heterocycles. The van der Waals surface area contributed by atoms with E-state index in [1.54, 1.807) is 6.92 Å². The van der Waals surface area contributed by atoms with Gasteiger partial charge in [0, 0.05) is 17.5 Å². The highest BCUT2D eigenvalue weighted by Crippen LogP contribution is 2.36. The van der Waals surface area contributed by atoms with E-state index in [0.29, 0.717) is 28.6 Å². The number of thiophene rings is 1. The molecule has 0 aromatic carbocycles. The Bertz CT molecular complexity index is 808. The van der Waals surface area contributed by atoms with Crippen molar-refractivity contribution in [1.82, 2.24) is 9.88 Å². The molecule has 2 aromatic rings. The fraction of sp³-hybridized carbons (Fsp3) is 0.500. The van der Waals surface area contributed by atoms with Crippen LogP contribution in [0.25, 0.3) is 10.6 Å². The third-order valence-corrected chi connectivity index (χ3v) is 6.01. The lowest BCUT2D eigenvalue weighted by molar-refractivity contribution is -0.155. The van der Waals surface area contributed by atoms with Gasteiger partial charge in [0.15, 0.2) is 0 Å². The molecule has 1 N–H and O–H groups in total. The molecule has 0 saturated carbocycles. The molecule has 2 aromatic heterocycles. The van der Waals surface area contributed by atoms with Gasteiger partial charge in [0.2, 0.25) is 15.8 Å². The van der Waals surface area contributed by atoms with E-state index in [4.69, 9.17) is 0 Å². The van der Waals surface area contributed by atoms with E-state index in [2.05, 4.69) is 14.4 Å². The molecule has 2 rings (SSSR count). The van der Waals surface area contributed by atoms with Crippen LogP contribution in [0.2, 0.25) is 0 Å². The molecule has 0 radical (unpaired) electrons. The van der Waals surface area contributed by atoms with Crippen LogP contribution in [-0.2, 0) is 16.2 Å². The lowest BCUT2D eigenvalue weighted by Crippen LogP contribution is -2.25. The maximum Gasteiger partial charge on any atom is 0.452 e. The number of aromatic nitrogens is 1. The fourth-order valence-corrected chi connectivity index (χ4v) is 4.53. The summed E-state index contributed by atoms with van der Waals surface area (Å²) in [5.74, 6) is -0.870. The summed E-state index contributed by atoms with van der Waals surface area (Å²) in [6, 6.07) is 2.07. The zero-order chi connectivity index (χ0) is 18.1. The molecule has 134 valence electrons. The number of hydrogen-bond acceptors (Lipinski definition) is 5. The van der Waals surface area contributed by atoms with Crippen molar-refractivity contribution in [1.29, 1.82) is 0 Å². The Labute approximate surface area is 141 Å². The molecular weight excluding hydrogens is 365 g/mol. The number of halogens is 3. The highest BCUT2D eigenvalue weighted by Gasteiger charge is 2.36. The summed E-state index contributed by atoms with van der Waals surface area (Å²) in [4.78, 5) is 0.817. The first kappa shape index (κ1) is 18.9. The minimum atomic E-state index is -4.63. The van der Waals surface area contributed by atoms with Crippen LogP contribution >= 0.6 is 11.3 Å². The third-order valence-electron chi connectivity index (χ3n) is 3.22. The maximum absolute atomic E-state index is 12.6. The molecule has 0 bridgehead atoms. The van der Waals surface area contributed by atoms with E-state index >= 15 is 0 Å². The van der Waals surface area contributed by atoms with Crippen LogP contribution < -0.4 is 4.72 Å². The largest absolute Gasteiger partial charge is 0.452 e. The van der Waals surface area contributed by atoms with Crippen LogP contribution in [0.5, 0.6) is 0 Å². The van der Waals surface area contributed by atoms with E-state index in [1.165, 1.54) is 6.07 Å². The number of sulfonamides is 1. The normalized spacial score (nSPS) is 13.0. The molecule has 0 aliphatic rings. The summed E-state index contributed by atoms with van der Waals surface area (Å²) in [5.41, 5.74) is -0.0425. The molecule has 0 aliphatic carbocycles. The van der Waals surface area contributed by atoms with Crippen LogP contribution in [0.3, 0.4) is 0 Å². The molecule has 0 aliphatic heterocycles. The maximum atomic E-state index is 12.6. The predicted octanol–water partition coefficient (Wildman–Crippen LogP) is 4.05. The first-order valence-corrected chi connectivity index (χ1v) is 9.45. The molecule has 0 amide bonds. The van der Waals surface area contributed by atoms with Crippen LogP contribution in [0, 0.1) is 12.8 Å². The van der Waals surface area contributed by atoms with E-state index < -0.39 is 22.0 Å². The SMILES string of the molecule is Cc1sc(-c2cc(C(F)(F)F)on2)cc1S(=O)(=O)NCCC(C)C. The highest BCUT2D eigenvalue weighted by molar-refractivity contribution is 7.89. The van der Waals surface area contributed by atoms with E-state index in [1.807, 2.05) is 13.8 Å². The number of nitrogens with one attached hydrogen (secondary N) is 1. The number of nitrogens with zero attached hydrogens (tertiary/aromatic N) is 1. The van der Waals surface area contributed by atoms with Crippen molar-refractivity contribution in [3.05, 3.63) is 22.8 Å². The minimum Gasteiger partial charge on any atom is -0.351 e. The molecule has 24 heavy (non-hydrogen) atoms. The second kappa shape index (κ2) is 6.85. The molecule has 0 fully saturated rings. The fourth-order valence-electron chi connectivity index (χ4n) is 1.94. The molecular formula is C14H17F3N2O3S2. The Morgan fingerprint density at radius 2 is 2.00 bits per heavy atom. The van der Waals surface area contributed by atoms with Gasteiger partial charge in [0.25, 0.3) is 0 Å². The van der Waals surface area contributed by atoms with Crippen molar-refractivity contribution in [2.24, 2.45) is 5.92 Å². The third kappa shape index (κ3) is 4.37. The lowest BCUT2D eigenvalue weighted by Gasteiger charge is -2.07. The Morgan fingerprint density at radius 1 is 1.33 bits per heavy atom. The van der Waals surface area contributed by atoms with Gasteiger partial charge in [-0.05, 0) is 25.3 Å². The molecule has 5 nitrogen and oxygen atoms in total. The summed E-state index contributed by atoms with van der Waals surface area (Å²) < 4.78 is 69.1.